The number of methoxy groups -OCH3 is 3. The number of nitrogens with one attached hydrogen (secondary N) is 1. The highest BCUT2D eigenvalue weighted by Crippen LogP contribution is 2.39. The van der Waals surface area contributed by atoms with Gasteiger partial charge < -0.3 is 43.7 Å². The summed E-state index contributed by atoms with van der Waals surface area (Å²) in [6, 6.07) is 3.62. The van der Waals surface area contributed by atoms with E-state index in [1.807, 2.05) is 48.6 Å². The Balaban J connectivity index is 1.47. The van der Waals surface area contributed by atoms with Gasteiger partial charge in [0.2, 0.25) is 11.7 Å². The first-order valence-corrected chi connectivity index (χ1v) is 14.0. The Morgan fingerprint density at radius 1 is 1.10 bits per heavy atom. The lowest BCUT2D eigenvalue weighted by atomic mass is 10.1. The zero-order chi connectivity index (χ0) is 30.0. The minimum atomic E-state index is -0.596. The number of benzene rings is 1. The second-order valence-electron chi connectivity index (χ2n) is 11.3. The maximum atomic E-state index is 12.9. The molecule has 1 fully saturated rings. The van der Waals surface area contributed by atoms with E-state index in [2.05, 4.69) is 10.3 Å². The minimum Gasteiger partial charge on any atom is -0.493 e. The molecule has 3 aromatic rings. The molecular formula is C29H39N7O6. The molecule has 1 atom stereocenters. The fourth-order valence-electron chi connectivity index (χ4n) is 5.29. The summed E-state index contributed by atoms with van der Waals surface area (Å²) < 4.78 is 23.9. The van der Waals surface area contributed by atoms with E-state index in [0.29, 0.717) is 54.3 Å². The average molecular weight is 582 g/mol. The van der Waals surface area contributed by atoms with Crippen LogP contribution < -0.4 is 24.4 Å². The van der Waals surface area contributed by atoms with Crippen molar-refractivity contribution in [2.24, 2.45) is 0 Å². The van der Waals surface area contributed by atoms with Crippen molar-refractivity contribution in [2.75, 3.05) is 51.2 Å². The fourth-order valence-corrected chi connectivity index (χ4v) is 5.29. The Morgan fingerprint density at radius 3 is 2.48 bits per heavy atom. The van der Waals surface area contributed by atoms with Crippen molar-refractivity contribution in [1.29, 1.82) is 0 Å². The Labute approximate surface area is 245 Å². The molecule has 2 N–H and O–H groups in total. The highest BCUT2D eigenvalue weighted by molar-refractivity contribution is 5.69. The number of ether oxygens (including phenoxy) is 4. The van der Waals surface area contributed by atoms with Crippen LogP contribution in [0.2, 0.25) is 0 Å². The van der Waals surface area contributed by atoms with Gasteiger partial charge in [-0.2, -0.15) is 4.98 Å². The molecule has 13 nitrogen and oxygen atoms in total. The van der Waals surface area contributed by atoms with Gasteiger partial charge in [-0.25, -0.2) is 14.8 Å². The molecule has 2 aliphatic rings. The molecule has 5 rings (SSSR count). The molecule has 4 heterocycles. The first-order chi connectivity index (χ1) is 20.1. The van der Waals surface area contributed by atoms with Crippen LogP contribution in [0.25, 0.3) is 5.69 Å². The van der Waals surface area contributed by atoms with Crippen LogP contribution in [0.4, 0.5) is 22.4 Å². The lowest BCUT2D eigenvalue weighted by Crippen LogP contribution is -2.41. The van der Waals surface area contributed by atoms with Gasteiger partial charge in [0.25, 0.3) is 0 Å². The highest BCUT2D eigenvalue weighted by atomic mass is 16.6. The molecule has 1 saturated heterocycles. The third-order valence-corrected chi connectivity index (χ3v) is 7.33. The van der Waals surface area contributed by atoms with Crippen molar-refractivity contribution in [1.82, 2.24) is 24.4 Å². The number of aliphatic hydroxyl groups excluding tert-OH is 1. The van der Waals surface area contributed by atoms with E-state index in [0.717, 1.165) is 36.3 Å². The van der Waals surface area contributed by atoms with Crippen LogP contribution in [0.15, 0.2) is 24.7 Å². The van der Waals surface area contributed by atoms with Crippen LogP contribution in [0.5, 0.6) is 17.2 Å². The molecule has 13 heteroatoms. The molecule has 42 heavy (non-hydrogen) atoms. The predicted molar refractivity (Wildman–Crippen MR) is 156 cm³/mol. The Hall–Kier alpha value is -4.26. The number of aromatic nitrogens is 4. The molecule has 2 aromatic heterocycles. The molecule has 2 aliphatic heterocycles. The quantitative estimate of drug-likeness (QED) is 0.403. The lowest BCUT2D eigenvalue weighted by Gasteiger charge is -2.32. The zero-order valence-electron chi connectivity index (χ0n) is 25.0. The van der Waals surface area contributed by atoms with Crippen molar-refractivity contribution in [3.05, 3.63) is 35.9 Å². The number of nitrogens with zero attached hydrogens (tertiary/aromatic N) is 6. The van der Waals surface area contributed by atoms with E-state index < -0.39 is 5.60 Å². The number of fused-ring (bicyclic) bond motifs is 1. The lowest BCUT2D eigenvalue weighted by molar-refractivity contribution is 0.0221. The predicted octanol–water partition coefficient (Wildman–Crippen LogP) is 3.69. The summed E-state index contributed by atoms with van der Waals surface area (Å²) in [5.41, 5.74) is 1.83. The van der Waals surface area contributed by atoms with Crippen molar-refractivity contribution in [3.8, 4) is 22.9 Å². The van der Waals surface area contributed by atoms with Gasteiger partial charge >= 0.3 is 6.09 Å². The van der Waals surface area contributed by atoms with Crippen LogP contribution in [0, 0.1) is 0 Å². The van der Waals surface area contributed by atoms with Crippen molar-refractivity contribution in [3.63, 3.8) is 0 Å². The molecule has 0 radical (unpaired) electrons. The number of carbonyl (C=O) groups excluding carboxylic acids is 1. The molecule has 226 valence electrons. The summed E-state index contributed by atoms with van der Waals surface area (Å²) in [5.74, 6) is 3.28. The Kier molecular flexibility index (Phi) is 8.30. The first-order valence-electron chi connectivity index (χ1n) is 14.0. The monoisotopic (exact) mass is 581 g/mol. The summed E-state index contributed by atoms with van der Waals surface area (Å²) in [6.45, 7) is 7.09. The van der Waals surface area contributed by atoms with Crippen LogP contribution in [-0.4, -0.2) is 88.3 Å². The molecule has 1 amide bonds. The SMILES string of the molecule is COc1cc(-n2cnc(Nc3nc(N4CCCC4CO)nc4c3CCN(C(=O)OC(C)(C)C)C4)c2)cc(OC)c1OC. The molecular weight excluding hydrogens is 542 g/mol. The minimum absolute atomic E-state index is 0.0203. The topological polar surface area (TPSA) is 136 Å². The normalized spacial score (nSPS) is 16.7. The van der Waals surface area contributed by atoms with Crippen molar-refractivity contribution >= 4 is 23.7 Å². The Morgan fingerprint density at radius 2 is 1.83 bits per heavy atom. The van der Waals surface area contributed by atoms with Gasteiger partial charge in [-0.15, -0.1) is 0 Å². The number of hydrogen-bond acceptors (Lipinski definition) is 11. The van der Waals surface area contributed by atoms with Gasteiger partial charge in [0.15, 0.2) is 11.5 Å². The van der Waals surface area contributed by atoms with E-state index in [9.17, 15) is 9.90 Å². The van der Waals surface area contributed by atoms with Gasteiger partial charge in [-0.1, -0.05) is 0 Å². The van der Waals surface area contributed by atoms with Gasteiger partial charge in [0.05, 0.1) is 58.1 Å². The molecule has 1 aromatic carbocycles. The molecule has 0 spiro atoms. The summed E-state index contributed by atoms with van der Waals surface area (Å²) in [7, 11) is 4.71. The fraction of sp³-hybridized carbons (Fsp3) is 0.517. The van der Waals surface area contributed by atoms with Gasteiger partial charge in [0, 0.05) is 30.8 Å². The summed E-state index contributed by atoms with van der Waals surface area (Å²) >= 11 is 0. The maximum Gasteiger partial charge on any atom is 0.410 e. The number of imidazole rings is 1. The number of amides is 1. The Bertz CT molecular complexity index is 1410. The zero-order valence-corrected chi connectivity index (χ0v) is 25.0. The van der Waals surface area contributed by atoms with Gasteiger partial charge in [0.1, 0.15) is 23.6 Å². The van der Waals surface area contributed by atoms with E-state index in [4.69, 9.17) is 28.9 Å². The maximum absolute atomic E-state index is 12.9. The first kappa shape index (κ1) is 29.2. The molecule has 0 aliphatic carbocycles. The average Bonchev–Trinajstić information content (AvgIpc) is 3.65. The second kappa shape index (κ2) is 11.9. The van der Waals surface area contributed by atoms with Gasteiger partial charge in [-0.05, 0) is 40.0 Å². The molecule has 0 saturated carbocycles. The van der Waals surface area contributed by atoms with Crippen LogP contribution in [0.3, 0.4) is 0 Å². The third kappa shape index (κ3) is 6.01. The number of carbonyl (C=O) groups is 1. The van der Waals surface area contributed by atoms with Crippen molar-refractivity contribution < 1.29 is 28.8 Å². The van der Waals surface area contributed by atoms with Gasteiger partial charge in [-0.3, -0.25) is 0 Å². The van der Waals surface area contributed by atoms with E-state index in [1.165, 1.54) is 0 Å². The summed E-state index contributed by atoms with van der Waals surface area (Å²) in [6.07, 6.45) is 5.51. The van der Waals surface area contributed by atoms with Crippen LogP contribution in [0.1, 0.15) is 44.9 Å². The number of anilines is 3. The number of rotatable bonds is 8. The molecule has 1 unspecified atom stereocenters. The number of aliphatic hydroxyl groups is 1. The summed E-state index contributed by atoms with van der Waals surface area (Å²) in [5, 5.41) is 13.3. The highest BCUT2D eigenvalue weighted by Gasteiger charge is 2.32. The van der Waals surface area contributed by atoms with E-state index >= 15 is 0 Å². The van der Waals surface area contributed by atoms with E-state index in [-0.39, 0.29) is 18.7 Å². The smallest absolute Gasteiger partial charge is 0.410 e. The summed E-state index contributed by atoms with van der Waals surface area (Å²) in [4.78, 5) is 30.9. The van der Waals surface area contributed by atoms with Crippen LogP contribution in [-0.2, 0) is 17.7 Å². The second-order valence-corrected chi connectivity index (χ2v) is 11.3. The number of hydrogen-bond donors (Lipinski definition) is 2. The standard InChI is InChI=1S/C29H39N7O6/c1-29(2,3)42-28(38)34-11-9-20-21(14-34)31-27(36-10-7-8-18(36)16-37)33-26(20)32-24-15-35(17-30-24)19-12-22(39-4)25(41-6)23(13-19)40-5/h12-13,15,17-18,37H,7-11,14,16H2,1-6H3,(H,31,32,33). The largest absolute Gasteiger partial charge is 0.493 e. The molecule has 0 bridgehead atoms. The van der Waals surface area contributed by atoms with Crippen LogP contribution >= 0.6 is 0 Å². The van der Waals surface area contributed by atoms with E-state index in [1.54, 1.807) is 32.6 Å². The third-order valence-electron chi connectivity index (χ3n) is 7.33. The van der Waals surface area contributed by atoms with Crippen molar-refractivity contribution in [2.45, 2.75) is 58.2 Å².